The van der Waals surface area contributed by atoms with E-state index >= 15 is 0 Å². The lowest BCUT2D eigenvalue weighted by Gasteiger charge is -2.13. The molecule has 1 aliphatic carbocycles. The highest BCUT2D eigenvalue weighted by molar-refractivity contribution is 7.90. The third-order valence-corrected chi connectivity index (χ3v) is 6.68. The molecule has 2 aliphatic rings. The second-order valence-electron chi connectivity index (χ2n) is 7.10. The number of fused-ring (bicyclic) bond motifs is 1. The highest BCUT2D eigenvalue weighted by Gasteiger charge is 2.34. The van der Waals surface area contributed by atoms with Crippen molar-refractivity contribution in [2.75, 3.05) is 5.32 Å². The standard InChI is InChI=1S/C18H19ClN4O4S/c19-11-5-7-13(8-6-11)23-16(14-9-28(26,27)10-15(14)22-23)21-18(25)17(24)20-12-3-1-2-4-12/h5-8,12H,1-4,9-10H2,(H,20,24)(H,21,25). The smallest absolute Gasteiger partial charge is 0.314 e. The van der Waals surface area contributed by atoms with Gasteiger partial charge in [0, 0.05) is 16.6 Å². The normalized spacial score (nSPS) is 18.0. The summed E-state index contributed by atoms with van der Waals surface area (Å²) in [5, 5.41) is 10.2. The van der Waals surface area contributed by atoms with Crippen molar-refractivity contribution in [3.63, 3.8) is 0 Å². The fourth-order valence-corrected chi connectivity index (χ4v) is 5.25. The number of anilines is 1. The summed E-state index contributed by atoms with van der Waals surface area (Å²) < 4.78 is 25.4. The first kappa shape index (κ1) is 18.9. The quantitative estimate of drug-likeness (QED) is 0.734. The van der Waals surface area contributed by atoms with E-state index in [1.807, 2.05) is 0 Å². The summed E-state index contributed by atoms with van der Waals surface area (Å²) >= 11 is 5.93. The molecule has 148 valence electrons. The molecule has 10 heteroatoms. The van der Waals surface area contributed by atoms with Gasteiger partial charge in [-0.1, -0.05) is 24.4 Å². The van der Waals surface area contributed by atoms with E-state index in [0.717, 1.165) is 25.7 Å². The summed E-state index contributed by atoms with van der Waals surface area (Å²) in [5.74, 6) is -1.79. The monoisotopic (exact) mass is 422 g/mol. The van der Waals surface area contributed by atoms with Gasteiger partial charge in [-0.15, -0.1) is 0 Å². The van der Waals surface area contributed by atoms with E-state index in [2.05, 4.69) is 15.7 Å². The van der Waals surface area contributed by atoms with Crippen LogP contribution in [0.2, 0.25) is 5.02 Å². The van der Waals surface area contributed by atoms with E-state index in [1.165, 1.54) is 4.68 Å². The largest absolute Gasteiger partial charge is 0.345 e. The molecule has 0 unspecified atom stereocenters. The minimum Gasteiger partial charge on any atom is -0.345 e. The predicted molar refractivity (Wildman–Crippen MR) is 104 cm³/mol. The van der Waals surface area contributed by atoms with Gasteiger partial charge < -0.3 is 10.6 Å². The molecular weight excluding hydrogens is 404 g/mol. The minimum absolute atomic E-state index is 0.00511. The molecule has 0 atom stereocenters. The van der Waals surface area contributed by atoms with Crippen molar-refractivity contribution < 1.29 is 18.0 Å². The van der Waals surface area contributed by atoms with E-state index < -0.39 is 21.7 Å². The average molecular weight is 423 g/mol. The molecule has 0 bridgehead atoms. The average Bonchev–Trinajstić information content (AvgIpc) is 3.32. The number of nitrogens with one attached hydrogen (secondary N) is 2. The lowest BCUT2D eigenvalue weighted by Crippen LogP contribution is -2.41. The zero-order valence-electron chi connectivity index (χ0n) is 14.9. The number of benzene rings is 1. The minimum atomic E-state index is -3.31. The van der Waals surface area contributed by atoms with Crippen LogP contribution >= 0.6 is 11.6 Å². The maximum absolute atomic E-state index is 12.5. The highest BCUT2D eigenvalue weighted by atomic mass is 35.5. The summed E-state index contributed by atoms with van der Waals surface area (Å²) in [6, 6.07) is 6.74. The molecule has 1 fully saturated rings. The molecule has 2 heterocycles. The molecule has 0 spiro atoms. The van der Waals surface area contributed by atoms with Gasteiger partial charge in [-0.2, -0.15) is 5.10 Å². The Bertz CT molecular complexity index is 1040. The molecule has 0 saturated heterocycles. The van der Waals surface area contributed by atoms with Crippen LogP contribution in [0.25, 0.3) is 5.69 Å². The number of aromatic nitrogens is 2. The molecule has 1 saturated carbocycles. The predicted octanol–water partition coefficient (Wildman–Crippen LogP) is 1.95. The van der Waals surface area contributed by atoms with Gasteiger partial charge in [-0.3, -0.25) is 9.59 Å². The third-order valence-electron chi connectivity index (χ3n) is 4.99. The van der Waals surface area contributed by atoms with Crippen LogP contribution in [0, 0.1) is 0 Å². The van der Waals surface area contributed by atoms with Crippen molar-refractivity contribution in [1.29, 1.82) is 0 Å². The van der Waals surface area contributed by atoms with E-state index in [4.69, 9.17) is 11.6 Å². The molecule has 8 nitrogen and oxygen atoms in total. The number of hydrogen-bond acceptors (Lipinski definition) is 5. The number of carbonyl (C=O) groups excluding carboxylic acids is 2. The molecule has 4 rings (SSSR count). The topological polar surface area (TPSA) is 110 Å². The van der Waals surface area contributed by atoms with Crippen molar-refractivity contribution in [2.45, 2.75) is 43.2 Å². The summed E-state index contributed by atoms with van der Waals surface area (Å²) in [4.78, 5) is 24.7. The van der Waals surface area contributed by atoms with Crippen LogP contribution in [0.3, 0.4) is 0 Å². The van der Waals surface area contributed by atoms with Crippen LogP contribution in [0.15, 0.2) is 24.3 Å². The second kappa shape index (κ2) is 7.21. The van der Waals surface area contributed by atoms with Crippen molar-refractivity contribution in [2.24, 2.45) is 0 Å². The lowest BCUT2D eigenvalue weighted by molar-refractivity contribution is -0.136. The molecule has 2 N–H and O–H groups in total. The molecule has 2 amide bonds. The van der Waals surface area contributed by atoms with Crippen LogP contribution in [0.4, 0.5) is 5.82 Å². The Morgan fingerprint density at radius 3 is 2.43 bits per heavy atom. The molecule has 1 aromatic heterocycles. The first-order valence-electron chi connectivity index (χ1n) is 9.01. The van der Waals surface area contributed by atoms with Gasteiger partial charge >= 0.3 is 11.8 Å². The molecule has 0 radical (unpaired) electrons. The van der Waals surface area contributed by atoms with Gasteiger partial charge in [0.15, 0.2) is 9.84 Å². The van der Waals surface area contributed by atoms with Gasteiger partial charge in [-0.25, -0.2) is 13.1 Å². The second-order valence-corrected chi connectivity index (χ2v) is 9.60. The van der Waals surface area contributed by atoms with Crippen molar-refractivity contribution >= 4 is 39.1 Å². The molecular formula is C18H19ClN4O4S. The SMILES string of the molecule is O=C(Nc1c2c(nn1-c1ccc(Cl)cc1)CS(=O)(=O)C2)C(=O)NC1CCCC1. The summed E-state index contributed by atoms with van der Waals surface area (Å²) in [5.41, 5.74) is 1.39. The number of sulfone groups is 1. The Morgan fingerprint density at radius 2 is 1.75 bits per heavy atom. The Kier molecular flexibility index (Phi) is 4.88. The Labute approximate surface area is 167 Å². The van der Waals surface area contributed by atoms with Crippen molar-refractivity contribution in [3.8, 4) is 5.69 Å². The van der Waals surface area contributed by atoms with E-state index in [0.29, 0.717) is 22.0 Å². The van der Waals surface area contributed by atoms with Crippen LogP contribution in [-0.2, 0) is 30.9 Å². The lowest BCUT2D eigenvalue weighted by atomic mass is 10.2. The Balaban J connectivity index is 1.63. The number of halogens is 1. The van der Waals surface area contributed by atoms with Crippen LogP contribution in [0.1, 0.15) is 36.9 Å². The zero-order chi connectivity index (χ0) is 19.9. The van der Waals surface area contributed by atoms with Gasteiger partial charge in [0.1, 0.15) is 5.82 Å². The number of amides is 2. The number of rotatable bonds is 3. The Morgan fingerprint density at radius 1 is 1.07 bits per heavy atom. The third kappa shape index (κ3) is 3.77. The molecule has 1 aliphatic heterocycles. The van der Waals surface area contributed by atoms with Gasteiger partial charge in [0.25, 0.3) is 0 Å². The fourth-order valence-electron chi connectivity index (χ4n) is 3.63. The molecule has 2 aromatic rings. The number of carbonyl (C=O) groups is 2. The maximum Gasteiger partial charge on any atom is 0.314 e. The van der Waals surface area contributed by atoms with Crippen LogP contribution < -0.4 is 10.6 Å². The molecule has 1 aromatic carbocycles. The van der Waals surface area contributed by atoms with Gasteiger partial charge in [-0.05, 0) is 37.1 Å². The zero-order valence-corrected chi connectivity index (χ0v) is 16.5. The summed E-state index contributed by atoms with van der Waals surface area (Å²) in [7, 11) is -3.31. The number of hydrogen-bond donors (Lipinski definition) is 2. The van der Waals surface area contributed by atoms with E-state index in [1.54, 1.807) is 24.3 Å². The van der Waals surface area contributed by atoms with Gasteiger partial charge in [0.2, 0.25) is 0 Å². The first-order valence-corrected chi connectivity index (χ1v) is 11.2. The molecule has 28 heavy (non-hydrogen) atoms. The van der Waals surface area contributed by atoms with E-state index in [-0.39, 0.29) is 23.4 Å². The first-order chi connectivity index (χ1) is 13.3. The summed E-state index contributed by atoms with van der Waals surface area (Å²) in [6.07, 6.45) is 3.77. The number of nitrogens with zero attached hydrogens (tertiary/aromatic N) is 2. The van der Waals surface area contributed by atoms with Crippen LogP contribution in [-0.4, -0.2) is 36.1 Å². The van der Waals surface area contributed by atoms with Gasteiger partial charge in [0.05, 0.1) is 22.9 Å². The Hall–Kier alpha value is -2.39. The van der Waals surface area contributed by atoms with Crippen molar-refractivity contribution in [3.05, 3.63) is 40.5 Å². The summed E-state index contributed by atoms with van der Waals surface area (Å²) in [6.45, 7) is 0. The highest BCUT2D eigenvalue weighted by Crippen LogP contribution is 2.33. The van der Waals surface area contributed by atoms with E-state index in [9.17, 15) is 18.0 Å². The van der Waals surface area contributed by atoms with Crippen LogP contribution in [0.5, 0.6) is 0 Å². The maximum atomic E-state index is 12.5. The fraction of sp³-hybridized carbons (Fsp3) is 0.389. The van der Waals surface area contributed by atoms with Crippen molar-refractivity contribution in [1.82, 2.24) is 15.1 Å².